The van der Waals surface area contributed by atoms with E-state index < -0.39 is 5.60 Å². The van der Waals surface area contributed by atoms with Gasteiger partial charge in [0.05, 0.1) is 6.42 Å². The fraction of sp³-hybridized carbons (Fsp3) is 0.731. The number of phenols is 1. The molecule has 0 aliphatic carbocycles. The fourth-order valence-corrected chi connectivity index (χ4v) is 5.00. The maximum absolute atomic E-state index is 11.6. The molecule has 0 amide bonds. The lowest BCUT2D eigenvalue weighted by molar-refractivity contribution is -0.428. The number of hydrogen-bond donors (Lipinski definition) is 1. The molecule has 2 heterocycles. The Balaban J connectivity index is 1.14. The maximum Gasteiger partial charge on any atom is 0.309 e. The van der Waals surface area contributed by atoms with Crippen LogP contribution in [0.5, 0.6) is 5.75 Å². The van der Waals surface area contributed by atoms with Gasteiger partial charge in [-0.3, -0.25) is 4.79 Å². The SMILES string of the molecule is C[C@]1(CCCCCCCCCCCCc2ccc(O)cc2)C[C@@]2(C)OC(=O)C[C@H]2OO1. The van der Waals surface area contributed by atoms with Crippen molar-refractivity contribution in [2.24, 2.45) is 0 Å². The number of hydrogen-bond acceptors (Lipinski definition) is 5. The molecule has 0 bridgehead atoms. The van der Waals surface area contributed by atoms with Crippen molar-refractivity contribution in [3.05, 3.63) is 29.8 Å². The van der Waals surface area contributed by atoms with Gasteiger partial charge in [0, 0.05) is 6.42 Å². The highest BCUT2D eigenvalue weighted by atomic mass is 17.2. The van der Waals surface area contributed by atoms with E-state index in [0.29, 0.717) is 18.6 Å². The van der Waals surface area contributed by atoms with Crippen molar-refractivity contribution in [3.63, 3.8) is 0 Å². The zero-order valence-corrected chi connectivity index (χ0v) is 19.4. The molecule has 3 rings (SSSR count). The molecule has 0 saturated carbocycles. The quantitative estimate of drug-likeness (QED) is 0.222. The Hall–Kier alpha value is -1.59. The second-order valence-corrected chi connectivity index (χ2v) is 9.99. The molecular weight excluding hydrogens is 392 g/mol. The molecule has 0 radical (unpaired) electrons. The molecule has 31 heavy (non-hydrogen) atoms. The minimum Gasteiger partial charge on any atom is -0.508 e. The Kier molecular flexibility index (Phi) is 8.79. The number of carbonyl (C=O) groups excluding carboxylic acids is 1. The number of fused-ring (bicyclic) bond motifs is 1. The third-order valence-corrected chi connectivity index (χ3v) is 6.83. The zero-order valence-electron chi connectivity index (χ0n) is 19.4. The van der Waals surface area contributed by atoms with E-state index in [-0.39, 0.29) is 17.7 Å². The molecule has 1 aromatic rings. The van der Waals surface area contributed by atoms with Gasteiger partial charge >= 0.3 is 5.97 Å². The summed E-state index contributed by atoms with van der Waals surface area (Å²) in [5.41, 5.74) is 0.416. The van der Waals surface area contributed by atoms with E-state index in [1.807, 2.05) is 19.1 Å². The molecule has 3 atom stereocenters. The van der Waals surface area contributed by atoms with Gasteiger partial charge in [0.25, 0.3) is 0 Å². The number of rotatable bonds is 13. The lowest BCUT2D eigenvalue weighted by atomic mass is 9.82. The summed E-state index contributed by atoms with van der Waals surface area (Å²) in [4.78, 5) is 22.8. The van der Waals surface area contributed by atoms with Crippen LogP contribution in [0.3, 0.4) is 0 Å². The number of esters is 1. The van der Waals surface area contributed by atoms with E-state index in [1.54, 1.807) is 12.1 Å². The van der Waals surface area contributed by atoms with Crippen LogP contribution in [0.2, 0.25) is 0 Å². The van der Waals surface area contributed by atoms with Gasteiger partial charge in [-0.25, -0.2) is 9.78 Å². The molecule has 2 fully saturated rings. The predicted molar refractivity (Wildman–Crippen MR) is 121 cm³/mol. The molecule has 1 N–H and O–H groups in total. The lowest BCUT2D eigenvalue weighted by Gasteiger charge is -2.43. The molecule has 2 aliphatic rings. The van der Waals surface area contributed by atoms with E-state index in [1.165, 1.54) is 63.4 Å². The van der Waals surface area contributed by atoms with Gasteiger partial charge < -0.3 is 9.84 Å². The summed E-state index contributed by atoms with van der Waals surface area (Å²) in [6, 6.07) is 7.58. The van der Waals surface area contributed by atoms with Crippen LogP contribution in [-0.2, 0) is 25.7 Å². The number of aromatic hydroxyl groups is 1. The average Bonchev–Trinajstić information content (AvgIpc) is 3.02. The molecule has 0 unspecified atom stereocenters. The van der Waals surface area contributed by atoms with Gasteiger partial charge in [0.1, 0.15) is 23.1 Å². The minimum absolute atomic E-state index is 0.183. The Morgan fingerprint density at radius 1 is 0.903 bits per heavy atom. The first kappa shape index (κ1) is 24.1. The third-order valence-electron chi connectivity index (χ3n) is 6.83. The van der Waals surface area contributed by atoms with Gasteiger partial charge in [-0.05, 0) is 50.8 Å². The fourth-order valence-electron chi connectivity index (χ4n) is 5.00. The Morgan fingerprint density at radius 2 is 1.48 bits per heavy atom. The zero-order chi connectivity index (χ0) is 22.2. The largest absolute Gasteiger partial charge is 0.508 e. The van der Waals surface area contributed by atoms with Crippen molar-refractivity contribution in [3.8, 4) is 5.75 Å². The highest BCUT2D eigenvalue weighted by Crippen LogP contribution is 2.44. The van der Waals surface area contributed by atoms with Crippen LogP contribution in [-0.4, -0.2) is 28.4 Å². The smallest absolute Gasteiger partial charge is 0.309 e. The van der Waals surface area contributed by atoms with Gasteiger partial charge in [-0.2, -0.15) is 0 Å². The van der Waals surface area contributed by atoms with Gasteiger partial charge in [-0.15, -0.1) is 0 Å². The highest BCUT2D eigenvalue weighted by molar-refractivity contribution is 5.73. The molecule has 2 saturated heterocycles. The van der Waals surface area contributed by atoms with E-state index in [2.05, 4.69) is 6.92 Å². The van der Waals surface area contributed by atoms with Crippen LogP contribution >= 0.6 is 0 Å². The molecule has 5 heteroatoms. The molecule has 174 valence electrons. The Morgan fingerprint density at radius 3 is 2.13 bits per heavy atom. The predicted octanol–water partition coefficient (Wildman–Crippen LogP) is 6.41. The second kappa shape index (κ2) is 11.3. The van der Waals surface area contributed by atoms with Crippen molar-refractivity contribution in [1.82, 2.24) is 0 Å². The minimum atomic E-state index is -0.534. The summed E-state index contributed by atoms with van der Waals surface area (Å²) >= 11 is 0. The Bertz CT molecular complexity index is 688. The van der Waals surface area contributed by atoms with E-state index in [4.69, 9.17) is 14.5 Å². The summed E-state index contributed by atoms with van der Waals surface area (Å²) < 4.78 is 5.53. The monoisotopic (exact) mass is 432 g/mol. The van der Waals surface area contributed by atoms with Crippen molar-refractivity contribution in [1.29, 1.82) is 0 Å². The first-order chi connectivity index (χ1) is 14.9. The third kappa shape index (κ3) is 7.50. The standard InChI is InChI=1S/C26H40O5/c1-25(20-26(2)23(30-31-25)19-24(28)29-26)18-12-10-8-6-4-3-5-7-9-11-13-21-14-16-22(27)17-15-21/h14-17,23,27H,3-13,18-20H2,1-2H3/t23-,25+,26-/m1/s1. The van der Waals surface area contributed by atoms with Crippen LogP contribution in [0.4, 0.5) is 0 Å². The second-order valence-electron chi connectivity index (χ2n) is 9.99. The number of benzene rings is 1. The van der Waals surface area contributed by atoms with Crippen molar-refractivity contribution >= 4 is 5.97 Å². The summed E-state index contributed by atoms with van der Waals surface area (Å²) in [5.74, 6) is 0.163. The van der Waals surface area contributed by atoms with Crippen LogP contribution in [0.15, 0.2) is 24.3 Å². The first-order valence-electron chi connectivity index (χ1n) is 12.2. The number of aryl methyl sites for hydroxylation is 1. The number of unbranched alkanes of at least 4 members (excludes halogenated alkanes) is 9. The molecule has 1 aromatic carbocycles. The molecular formula is C26H40O5. The van der Waals surface area contributed by atoms with Crippen LogP contribution in [0, 0.1) is 0 Å². The van der Waals surface area contributed by atoms with Crippen molar-refractivity contribution in [2.45, 2.75) is 121 Å². The summed E-state index contributed by atoms with van der Waals surface area (Å²) in [6.45, 7) is 4.04. The molecule has 0 aromatic heterocycles. The van der Waals surface area contributed by atoms with Gasteiger partial charge in [0.15, 0.2) is 0 Å². The topological polar surface area (TPSA) is 65.0 Å². The maximum atomic E-state index is 11.6. The molecule has 0 spiro atoms. The van der Waals surface area contributed by atoms with E-state index in [9.17, 15) is 9.90 Å². The summed E-state index contributed by atoms with van der Waals surface area (Å²) in [5, 5.41) is 9.31. The molecule has 2 aliphatic heterocycles. The number of ether oxygens (including phenoxy) is 1. The average molecular weight is 433 g/mol. The molecule has 5 nitrogen and oxygen atoms in total. The number of carbonyl (C=O) groups is 1. The Labute approximate surface area is 187 Å². The van der Waals surface area contributed by atoms with Gasteiger partial charge in [-0.1, -0.05) is 69.9 Å². The number of phenolic OH excluding ortho intramolecular Hbond substituents is 1. The van der Waals surface area contributed by atoms with Crippen LogP contribution < -0.4 is 0 Å². The van der Waals surface area contributed by atoms with E-state index in [0.717, 1.165) is 19.3 Å². The van der Waals surface area contributed by atoms with Gasteiger partial charge in [0.2, 0.25) is 0 Å². The summed E-state index contributed by atoms with van der Waals surface area (Å²) in [6.07, 6.45) is 15.5. The lowest BCUT2D eigenvalue weighted by Crippen LogP contribution is -2.51. The summed E-state index contributed by atoms with van der Waals surface area (Å²) in [7, 11) is 0. The van der Waals surface area contributed by atoms with Crippen LogP contribution in [0.1, 0.15) is 103 Å². The van der Waals surface area contributed by atoms with Crippen molar-refractivity contribution in [2.75, 3.05) is 0 Å². The normalized spacial score (nSPS) is 27.8. The highest BCUT2D eigenvalue weighted by Gasteiger charge is 2.55. The van der Waals surface area contributed by atoms with E-state index >= 15 is 0 Å². The first-order valence-corrected chi connectivity index (χ1v) is 12.2. The van der Waals surface area contributed by atoms with Crippen molar-refractivity contribution < 1.29 is 24.4 Å². The van der Waals surface area contributed by atoms with Crippen LogP contribution in [0.25, 0.3) is 0 Å².